The number of hydrogen-bond acceptors (Lipinski definition) is 2. The summed E-state index contributed by atoms with van der Waals surface area (Å²) in [5, 5.41) is 0. The fraction of sp³-hybridized carbons (Fsp3) is 0.833. The Balaban J connectivity index is 3.98. The van der Waals surface area contributed by atoms with Gasteiger partial charge >= 0.3 is 0 Å². The third-order valence-electron chi connectivity index (χ3n) is 0.843. The molecule has 2 nitrogen and oxygen atoms in total. The third kappa shape index (κ3) is 4.01. The van der Waals surface area contributed by atoms with Gasteiger partial charge in [0.2, 0.25) is 0 Å². The molecule has 0 bridgehead atoms. The molecule has 0 aromatic carbocycles. The smallest absolute Gasteiger partial charge is 0.114 e. The number of hydrogen-bond donors (Lipinski definition) is 0. The zero-order valence-corrected chi connectivity index (χ0v) is 8.00. The average Bonchev–Trinajstić information content (AvgIpc) is 1.80. The monoisotopic (exact) mass is 181 g/mol. The lowest BCUT2D eigenvalue weighted by molar-refractivity contribution is 0.659. The van der Waals surface area contributed by atoms with Crippen molar-refractivity contribution in [1.82, 2.24) is 0 Å². The zero-order valence-electron chi connectivity index (χ0n) is 6.43. The molecule has 60 valence electrons. The summed E-state index contributed by atoms with van der Waals surface area (Å²) in [5.74, 6) is 0. The van der Waals surface area contributed by atoms with Gasteiger partial charge in [-0.3, -0.25) is 9.20 Å². The van der Waals surface area contributed by atoms with E-state index in [0.29, 0.717) is 0 Å². The number of aliphatic imine (C=N–C) groups is 1. The van der Waals surface area contributed by atoms with E-state index >= 15 is 0 Å². The van der Waals surface area contributed by atoms with E-state index in [1.807, 2.05) is 20.8 Å². The van der Waals surface area contributed by atoms with Crippen molar-refractivity contribution in [2.24, 2.45) is 4.99 Å². The summed E-state index contributed by atoms with van der Waals surface area (Å²) in [6.45, 7) is 5.68. The van der Waals surface area contributed by atoms with Crippen molar-refractivity contribution >= 4 is 27.9 Å². The Morgan fingerprint density at radius 3 is 2.40 bits per heavy atom. The van der Waals surface area contributed by atoms with E-state index < -0.39 is 10.8 Å². The Kier molecular flexibility index (Phi) is 4.13. The molecule has 0 saturated heterocycles. The highest BCUT2D eigenvalue weighted by Crippen LogP contribution is 2.08. The zero-order chi connectivity index (χ0) is 8.20. The van der Waals surface area contributed by atoms with Gasteiger partial charge in [-0.05, 0) is 20.8 Å². The molecule has 0 aromatic heterocycles. The number of halogens is 1. The van der Waals surface area contributed by atoms with Crippen LogP contribution >= 0.6 is 11.6 Å². The molecule has 0 rings (SSSR count). The van der Waals surface area contributed by atoms with E-state index in [2.05, 4.69) is 4.99 Å². The highest BCUT2D eigenvalue weighted by molar-refractivity contribution is 7.99. The van der Waals surface area contributed by atoms with Crippen LogP contribution in [0.15, 0.2) is 4.99 Å². The number of rotatable bonds is 2. The van der Waals surface area contributed by atoms with Crippen molar-refractivity contribution in [3.8, 4) is 0 Å². The van der Waals surface area contributed by atoms with E-state index in [1.54, 1.807) is 0 Å². The minimum absolute atomic E-state index is 0.182. The van der Waals surface area contributed by atoms with E-state index in [0.717, 1.165) is 0 Å². The van der Waals surface area contributed by atoms with Crippen LogP contribution in [-0.4, -0.2) is 20.5 Å². The van der Waals surface area contributed by atoms with Crippen LogP contribution < -0.4 is 0 Å². The molecule has 4 heteroatoms. The first-order valence-corrected chi connectivity index (χ1v) is 4.70. The van der Waals surface area contributed by atoms with Gasteiger partial charge in [0.05, 0.1) is 16.3 Å². The van der Waals surface area contributed by atoms with Gasteiger partial charge in [-0.1, -0.05) is 0 Å². The molecule has 0 unspecified atom stereocenters. The van der Waals surface area contributed by atoms with Gasteiger partial charge in [0.15, 0.2) is 0 Å². The summed E-state index contributed by atoms with van der Waals surface area (Å²) in [5.41, 5.74) is 1.40. The van der Waals surface area contributed by atoms with Crippen LogP contribution in [-0.2, 0) is 10.8 Å². The van der Waals surface area contributed by atoms with Gasteiger partial charge in [-0.25, -0.2) is 0 Å². The predicted molar refractivity (Wildman–Crippen MR) is 47.1 cm³/mol. The standard InChI is InChI=1S/C6H12ClNOS/c1-6(2,3)10(9)5-8-4-7/h5H,4H2,1-3H3/t10-/m1/s1. The van der Waals surface area contributed by atoms with Crippen LogP contribution in [0.1, 0.15) is 20.8 Å². The third-order valence-corrected chi connectivity index (χ3v) is 2.53. The average molecular weight is 182 g/mol. The van der Waals surface area contributed by atoms with Gasteiger partial charge < -0.3 is 0 Å². The van der Waals surface area contributed by atoms with Gasteiger partial charge in [-0.2, -0.15) is 0 Å². The van der Waals surface area contributed by atoms with Crippen LogP contribution in [0.3, 0.4) is 0 Å². The molecule has 0 N–H and O–H groups in total. The van der Waals surface area contributed by atoms with Crippen molar-refractivity contribution in [2.75, 3.05) is 6.00 Å². The summed E-state index contributed by atoms with van der Waals surface area (Å²) in [7, 11) is -1.01. The van der Waals surface area contributed by atoms with Crippen molar-refractivity contribution in [3.63, 3.8) is 0 Å². The molecule has 0 fully saturated rings. The molecule has 0 aromatic rings. The summed E-state index contributed by atoms with van der Waals surface area (Å²) >= 11 is 5.26. The molecule has 0 aliphatic heterocycles. The summed E-state index contributed by atoms with van der Waals surface area (Å²) in [4.78, 5) is 3.68. The highest BCUT2D eigenvalue weighted by Gasteiger charge is 2.16. The minimum atomic E-state index is -1.01. The number of alkyl halides is 1. The molecule has 0 aliphatic rings. The maximum absolute atomic E-state index is 11.1. The predicted octanol–water partition coefficient (Wildman–Crippen LogP) is 1.76. The first-order valence-electron chi connectivity index (χ1n) is 2.95. The molecule has 1 atom stereocenters. The maximum atomic E-state index is 11.1. The largest absolute Gasteiger partial charge is 0.268 e. The van der Waals surface area contributed by atoms with Crippen molar-refractivity contribution < 1.29 is 4.21 Å². The van der Waals surface area contributed by atoms with Gasteiger partial charge in [0.25, 0.3) is 0 Å². The topological polar surface area (TPSA) is 29.4 Å². The lowest BCUT2D eigenvalue weighted by atomic mass is 10.3. The lowest BCUT2D eigenvalue weighted by Crippen LogP contribution is -2.22. The molecule has 10 heavy (non-hydrogen) atoms. The Hall–Kier alpha value is 0.110. The first-order chi connectivity index (χ1) is 4.48. The fourth-order valence-electron chi connectivity index (χ4n) is 0.254. The summed E-state index contributed by atoms with van der Waals surface area (Å²) in [6, 6.07) is 0.182. The van der Waals surface area contributed by atoms with Crippen molar-refractivity contribution in [2.45, 2.75) is 25.5 Å². The maximum Gasteiger partial charge on any atom is 0.114 e. The van der Waals surface area contributed by atoms with E-state index in [1.165, 1.54) is 5.55 Å². The van der Waals surface area contributed by atoms with E-state index in [-0.39, 0.29) is 10.8 Å². The van der Waals surface area contributed by atoms with Crippen LogP contribution in [0.4, 0.5) is 0 Å². The quantitative estimate of drug-likeness (QED) is 0.276. The van der Waals surface area contributed by atoms with Gasteiger partial charge in [-0.15, -0.1) is 11.6 Å². The van der Waals surface area contributed by atoms with Crippen molar-refractivity contribution in [1.29, 1.82) is 0 Å². The van der Waals surface area contributed by atoms with Gasteiger partial charge in [0, 0.05) is 4.75 Å². The normalized spacial score (nSPS) is 16.0. The molecule has 0 aliphatic carbocycles. The fourth-order valence-corrected chi connectivity index (χ4v) is 0.931. The van der Waals surface area contributed by atoms with Gasteiger partial charge in [0.1, 0.15) is 6.00 Å². The molecule has 0 spiro atoms. The molecule has 0 heterocycles. The number of nitrogens with zero attached hydrogens (tertiary/aromatic N) is 1. The molecule has 0 radical (unpaired) electrons. The van der Waals surface area contributed by atoms with Crippen LogP contribution in [0, 0.1) is 0 Å². The van der Waals surface area contributed by atoms with Crippen LogP contribution in [0.5, 0.6) is 0 Å². The highest BCUT2D eigenvalue weighted by atomic mass is 35.5. The van der Waals surface area contributed by atoms with E-state index in [9.17, 15) is 4.21 Å². The Bertz CT molecular complexity index is 150. The second-order valence-corrected chi connectivity index (χ2v) is 5.09. The second-order valence-electron chi connectivity index (χ2n) is 2.82. The minimum Gasteiger partial charge on any atom is -0.268 e. The molecule has 0 saturated carbocycles. The molecular weight excluding hydrogens is 170 g/mol. The first kappa shape index (κ1) is 10.1. The molecular formula is C6H12ClNOS. The Morgan fingerprint density at radius 2 is 2.10 bits per heavy atom. The van der Waals surface area contributed by atoms with Crippen LogP contribution in [0.25, 0.3) is 0 Å². The lowest BCUT2D eigenvalue weighted by Gasteiger charge is -2.12. The SMILES string of the molecule is CC(C)(C)[S@](=O)C=NCCl. The Labute approximate surface area is 69.1 Å². The molecule has 0 amide bonds. The van der Waals surface area contributed by atoms with Crippen molar-refractivity contribution in [3.05, 3.63) is 0 Å². The second kappa shape index (κ2) is 4.09. The summed E-state index contributed by atoms with van der Waals surface area (Å²) < 4.78 is 10.9. The summed E-state index contributed by atoms with van der Waals surface area (Å²) in [6.07, 6.45) is 0. The van der Waals surface area contributed by atoms with Crippen LogP contribution in [0.2, 0.25) is 0 Å². The Morgan fingerprint density at radius 1 is 1.60 bits per heavy atom. The van der Waals surface area contributed by atoms with E-state index in [4.69, 9.17) is 11.6 Å².